The van der Waals surface area contributed by atoms with Crippen LogP contribution in [-0.2, 0) is 6.54 Å². The van der Waals surface area contributed by atoms with E-state index in [2.05, 4.69) is 15.4 Å². The lowest BCUT2D eigenvalue weighted by molar-refractivity contribution is 0.0950. The van der Waals surface area contributed by atoms with Crippen molar-refractivity contribution in [3.8, 4) is 17.3 Å². The molecule has 0 aliphatic heterocycles. The molecule has 0 saturated carbocycles. The van der Waals surface area contributed by atoms with Crippen LogP contribution in [0.4, 0.5) is 0 Å². The fraction of sp³-hybridized carbons (Fsp3) is 0.250. The monoisotopic (exact) mass is 400 g/mol. The summed E-state index contributed by atoms with van der Waals surface area (Å²) in [7, 11) is 1.51. The van der Waals surface area contributed by atoms with E-state index in [0.717, 1.165) is 12.0 Å². The minimum Gasteiger partial charge on any atom is -0.493 e. The van der Waals surface area contributed by atoms with E-state index in [9.17, 15) is 4.79 Å². The second-order valence-corrected chi connectivity index (χ2v) is 6.36. The highest BCUT2D eigenvalue weighted by Gasteiger charge is 2.16. The van der Waals surface area contributed by atoms with Crippen LogP contribution in [0.2, 0.25) is 5.02 Å². The van der Waals surface area contributed by atoms with Gasteiger partial charge in [0.2, 0.25) is 0 Å². The molecule has 0 bridgehead atoms. The van der Waals surface area contributed by atoms with Gasteiger partial charge in [0.1, 0.15) is 0 Å². The molecular weight excluding hydrogens is 380 g/mol. The summed E-state index contributed by atoms with van der Waals surface area (Å²) in [5.74, 6) is 1.24. The predicted octanol–water partition coefficient (Wildman–Crippen LogP) is 3.65. The largest absolute Gasteiger partial charge is 0.493 e. The molecule has 0 atom stereocenters. The molecule has 1 N–H and O–H groups in total. The van der Waals surface area contributed by atoms with E-state index in [4.69, 9.17) is 21.1 Å². The number of hydrogen-bond donors (Lipinski definition) is 1. The third-order valence-corrected chi connectivity index (χ3v) is 4.25. The minimum absolute atomic E-state index is 0.280. The quantitative estimate of drug-likeness (QED) is 0.624. The molecule has 2 aromatic heterocycles. The van der Waals surface area contributed by atoms with Crippen LogP contribution in [-0.4, -0.2) is 34.4 Å². The molecular formula is C20H21ClN4O3. The molecule has 146 valence electrons. The van der Waals surface area contributed by atoms with Crippen LogP contribution in [0.3, 0.4) is 0 Å². The Morgan fingerprint density at radius 2 is 2.14 bits per heavy atom. The Labute approximate surface area is 168 Å². The fourth-order valence-corrected chi connectivity index (χ4v) is 2.91. The average Bonchev–Trinajstić information content (AvgIpc) is 3.25. The van der Waals surface area contributed by atoms with Crippen LogP contribution in [0, 0.1) is 0 Å². The first kappa shape index (κ1) is 19.7. The van der Waals surface area contributed by atoms with Crippen molar-refractivity contribution in [3.63, 3.8) is 0 Å². The number of pyridine rings is 1. The van der Waals surface area contributed by atoms with Crippen LogP contribution >= 0.6 is 11.6 Å². The molecule has 7 nitrogen and oxygen atoms in total. The zero-order valence-corrected chi connectivity index (χ0v) is 16.4. The van der Waals surface area contributed by atoms with Gasteiger partial charge in [0.15, 0.2) is 17.3 Å². The van der Waals surface area contributed by atoms with Crippen molar-refractivity contribution in [1.29, 1.82) is 0 Å². The Morgan fingerprint density at radius 1 is 1.29 bits per heavy atom. The number of carbonyl (C=O) groups is 1. The van der Waals surface area contributed by atoms with Crippen molar-refractivity contribution in [3.05, 3.63) is 65.1 Å². The molecule has 0 saturated heterocycles. The second-order valence-electron chi connectivity index (χ2n) is 5.96. The number of rotatable bonds is 8. The van der Waals surface area contributed by atoms with E-state index in [1.54, 1.807) is 35.4 Å². The van der Waals surface area contributed by atoms with Crippen LogP contribution < -0.4 is 14.8 Å². The van der Waals surface area contributed by atoms with Gasteiger partial charge in [-0.15, -0.1) is 0 Å². The normalized spacial score (nSPS) is 10.5. The minimum atomic E-state index is -0.280. The maximum atomic E-state index is 12.7. The van der Waals surface area contributed by atoms with Crippen LogP contribution in [0.1, 0.15) is 29.3 Å². The summed E-state index contributed by atoms with van der Waals surface area (Å²) in [6, 6.07) is 8.70. The predicted molar refractivity (Wildman–Crippen MR) is 106 cm³/mol. The Kier molecular flexibility index (Phi) is 6.49. The lowest BCUT2D eigenvalue weighted by Gasteiger charge is -2.14. The maximum Gasteiger partial charge on any atom is 0.251 e. The summed E-state index contributed by atoms with van der Waals surface area (Å²) < 4.78 is 12.6. The second kappa shape index (κ2) is 9.23. The number of aromatic nitrogens is 3. The molecule has 1 amide bonds. The number of methoxy groups -OCH3 is 1. The van der Waals surface area contributed by atoms with E-state index >= 15 is 0 Å². The van der Waals surface area contributed by atoms with Gasteiger partial charge in [-0.1, -0.05) is 24.6 Å². The van der Waals surface area contributed by atoms with Crippen molar-refractivity contribution in [1.82, 2.24) is 20.1 Å². The fourth-order valence-electron chi connectivity index (χ4n) is 2.64. The summed E-state index contributed by atoms with van der Waals surface area (Å²) in [5, 5.41) is 7.41. The summed E-state index contributed by atoms with van der Waals surface area (Å²) in [6.45, 7) is 2.80. The molecule has 0 fully saturated rings. The third-order valence-electron chi connectivity index (χ3n) is 3.97. The number of halogens is 1. The summed E-state index contributed by atoms with van der Waals surface area (Å²) in [4.78, 5) is 17.0. The van der Waals surface area contributed by atoms with E-state index in [-0.39, 0.29) is 12.5 Å². The van der Waals surface area contributed by atoms with Gasteiger partial charge in [0, 0.05) is 36.3 Å². The van der Waals surface area contributed by atoms with Crippen molar-refractivity contribution < 1.29 is 14.3 Å². The molecule has 0 spiro atoms. The first-order chi connectivity index (χ1) is 13.6. The number of amides is 1. The highest BCUT2D eigenvalue weighted by molar-refractivity contribution is 6.32. The van der Waals surface area contributed by atoms with Gasteiger partial charge in [0.05, 0.1) is 18.7 Å². The molecule has 0 aliphatic carbocycles. The number of hydrogen-bond acceptors (Lipinski definition) is 5. The number of ether oxygens (including phenoxy) is 2. The molecule has 8 heteroatoms. The zero-order valence-electron chi connectivity index (χ0n) is 15.7. The number of nitrogens with zero attached hydrogens (tertiary/aromatic N) is 3. The zero-order chi connectivity index (χ0) is 19.9. The molecule has 3 rings (SSSR count). The lowest BCUT2D eigenvalue weighted by atomic mass is 10.1. The number of nitrogens with one attached hydrogen (secondary N) is 1. The first-order valence-corrected chi connectivity index (χ1v) is 9.24. The van der Waals surface area contributed by atoms with Gasteiger partial charge in [0.25, 0.3) is 5.91 Å². The lowest BCUT2D eigenvalue weighted by Crippen LogP contribution is -2.24. The molecule has 0 radical (unpaired) electrons. The van der Waals surface area contributed by atoms with Crippen molar-refractivity contribution in [2.24, 2.45) is 0 Å². The van der Waals surface area contributed by atoms with Crippen molar-refractivity contribution in [2.75, 3.05) is 13.7 Å². The highest BCUT2D eigenvalue weighted by atomic mass is 35.5. The number of benzene rings is 1. The molecule has 2 heterocycles. The molecule has 0 unspecified atom stereocenters. The van der Waals surface area contributed by atoms with Gasteiger partial charge in [-0.3, -0.25) is 4.79 Å². The summed E-state index contributed by atoms with van der Waals surface area (Å²) in [6.07, 6.45) is 5.99. The van der Waals surface area contributed by atoms with Crippen LogP contribution in [0.25, 0.3) is 5.82 Å². The van der Waals surface area contributed by atoms with Crippen LogP contribution in [0.5, 0.6) is 11.5 Å². The van der Waals surface area contributed by atoms with E-state index in [1.807, 2.05) is 25.1 Å². The van der Waals surface area contributed by atoms with Gasteiger partial charge < -0.3 is 14.8 Å². The van der Waals surface area contributed by atoms with Gasteiger partial charge in [-0.2, -0.15) is 5.10 Å². The van der Waals surface area contributed by atoms with Gasteiger partial charge >= 0.3 is 0 Å². The third kappa shape index (κ3) is 4.43. The Bertz CT molecular complexity index is 945. The topological polar surface area (TPSA) is 78.3 Å². The van der Waals surface area contributed by atoms with E-state index in [0.29, 0.717) is 34.5 Å². The summed E-state index contributed by atoms with van der Waals surface area (Å²) in [5.41, 5.74) is 1.22. The van der Waals surface area contributed by atoms with Gasteiger partial charge in [-0.05, 0) is 30.7 Å². The SMILES string of the molecule is CCCOc1c(Cl)cc(C(=O)NCc2cccnc2-n2cccn2)cc1OC. The average molecular weight is 401 g/mol. The van der Waals surface area contributed by atoms with Crippen molar-refractivity contribution >= 4 is 17.5 Å². The Balaban J connectivity index is 1.77. The molecule has 0 aliphatic rings. The maximum absolute atomic E-state index is 12.7. The van der Waals surface area contributed by atoms with E-state index in [1.165, 1.54) is 7.11 Å². The smallest absolute Gasteiger partial charge is 0.251 e. The van der Waals surface area contributed by atoms with E-state index < -0.39 is 0 Å². The van der Waals surface area contributed by atoms with Gasteiger partial charge in [-0.25, -0.2) is 9.67 Å². The standard InChI is InChI=1S/C20H21ClN4O3/c1-3-10-28-18-16(21)11-15(12-17(18)27-2)20(26)23-13-14-6-4-7-22-19(14)25-9-5-8-24-25/h4-9,11-12H,3,10,13H2,1-2H3,(H,23,26). The van der Waals surface area contributed by atoms with Crippen molar-refractivity contribution in [2.45, 2.75) is 19.9 Å². The summed E-state index contributed by atoms with van der Waals surface area (Å²) >= 11 is 6.30. The number of carbonyl (C=O) groups excluding carboxylic acids is 1. The molecule has 1 aromatic carbocycles. The van der Waals surface area contributed by atoms with Crippen LogP contribution in [0.15, 0.2) is 48.9 Å². The highest BCUT2D eigenvalue weighted by Crippen LogP contribution is 2.36. The Morgan fingerprint density at radius 3 is 2.86 bits per heavy atom. The molecule has 3 aromatic rings. The molecule has 28 heavy (non-hydrogen) atoms. The first-order valence-electron chi connectivity index (χ1n) is 8.86. The Hall–Kier alpha value is -3.06.